The molecule has 1 amide bonds. The number of hydrogen-bond donors (Lipinski definition) is 2. The molecule has 0 atom stereocenters. The van der Waals surface area contributed by atoms with E-state index in [4.69, 9.17) is 0 Å². The third-order valence-corrected chi connectivity index (χ3v) is 1.01. The van der Waals surface area contributed by atoms with Gasteiger partial charge >= 0.3 is 0 Å². The summed E-state index contributed by atoms with van der Waals surface area (Å²) in [5.41, 5.74) is 0. The van der Waals surface area contributed by atoms with Gasteiger partial charge in [0.25, 0.3) is 0 Å². The van der Waals surface area contributed by atoms with Gasteiger partial charge in [0.05, 0.1) is 0 Å². The lowest BCUT2D eigenvalue weighted by atomic mass is 10.4. The van der Waals surface area contributed by atoms with Gasteiger partial charge in [-0.3, -0.25) is 4.79 Å². The van der Waals surface area contributed by atoms with Crippen LogP contribution in [0.15, 0.2) is 12.7 Å². The fourth-order valence-electron chi connectivity index (χ4n) is 0.497. The van der Waals surface area contributed by atoms with Gasteiger partial charge in [-0.25, -0.2) is 0 Å². The van der Waals surface area contributed by atoms with Crippen molar-refractivity contribution in [1.29, 1.82) is 0 Å². The highest BCUT2D eigenvalue weighted by Gasteiger charge is 1.90. The van der Waals surface area contributed by atoms with Crippen molar-refractivity contribution in [3.8, 4) is 0 Å². The molecule has 10 heavy (non-hydrogen) atoms. The van der Waals surface area contributed by atoms with Crippen LogP contribution in [0.4, 0.5) is 0 Å². The molecule has 0 saturated heterocycles. The van der Waals surface area contributed by atoms with E-state index in [1.807, 2.05) is 0 Å². The van der Waals surface area contributed by atoms with Crippen molar-refractivity contribution in [3.63, 3.8) is 0 Å². The van der Waals surface area contributed by atoms with E-state index < -0.39 is 0 Å². The monoisotopic (exact) mass is 141 g/mol. The number of carbonyl (C=O) groups excluding carboxylic acids is 1. The van der Waals surface area contributed by atoms with E-state index in [0.29, 0.717) is 6.54 Å². The summed E-state index contributed by atoms with van der Waals surface area (Å²) < 4.78 is 0. The largest absolute Gasteiger partial charge is 0.353 e. The molecular formula is C7H13N2O. The third-order valence-electron chi connectivity index (χ3n) is 1.01. The maximum absolute atomic E-state index is 10.5. The average Bonchev–Trinajstić information content (AvgIpc) is 1.98. The van der Waals surface area contributed by atoms with Crippen molar-refractivity contribution in [1.82, 2.24) is 10.6 Å². The summed E-state index contributed by atoms with van der Waals surface area (Å²) >= 11 is 0. The zero-order valence-electron chi connectivity index (χ0n) is 6.02. The lowest BCUT2D eigenvalue weighted by Gasteiger charge is -1.99. The minimum Gasteiger partial charge on any atom is -0.353 e. The minimum absolute atomic E-state index is 0.121. The first-order valence-electron chi connectivity index (χ1n) is 3.21. The number of rotatable bonds is 5. The van der Waals surface area contributed by atoms with E-state index in [-0.39, 0.29) is 5.91 Å². The SMILES string of the molecule is [CH2]NCCCNC(=O)C=C. The molecule has 1 radical (unpaired) electrons. The van der Waals surface area contributed by atoms with Gasteiger partial charge in [0.1, 0.15) is 0 Å². The van der Waals surface area contributed by atoms with Crippen molar-refractivity contribution in [2.24, 2.45) is 0 Å². The standard InChI is InChI=1S/C7H13N2O/c1-3-7(10)9-6-4-5-8-2/h3,8H,1-2,4-6H2,(H,9,10). The van der Waals surface area contributed by atoms with Gasteiger partial charge < -0.3 is 10.6 Å². The van der Waals surface area contributed by atoms with Crippen molar-refractivity contribution in [2.45, 2.75) is 6.42 Å². The molecule has 0 aromatic carbocycles. The predicted molar refractivity (Wildman–Crippen MR) is 41.2 cm³/mol. The summed E-state index contributed by atoms with van der Waals surface area (Å²) in [6.45, 7) is 4.81. The molecule has 0 aliphatic heterocycles. The lowest BCUT2D eigenvalue weighted by Crippen LogP contribution is -2.24. The third kappa shape index (κ3) is 5.31. The maximum Gasteiger partial charge on any atom is 0.243 e. The van der Waals surface area contributed by atoms with Crippen LogP contribution in [0, 0.1) is 7.05 Å². The summed E-state index contributed by atoms with van der Waals surface area (Å²) in [5, 5.41) is 5.37. The Bertz CT molecular complexity index is 112. The minimum atomic E-state index is -0.121. The highest BCUT2D eigenvalue weighted by molar-refractivity contribution is 5.86. The van der Waals surface area contributed by atoms with E-state index in [9.17, 15) is 4.79 Å². The predicted octanol–water partition coefficient (Wildman–Crippen LogP) is 0.0599. The van der Waals surface area contributed by atoms with E-state index in [0.717, 1.165) is 13.0 Å². The van der Waals surface area contributed by atoms with Gasteiger partial charge in [0.2, 0.25) is 5.91 Å². The summed E-state index contributed by atoms with van der Waals surface area (Å²) in [6, 6.07) is 0. The molecule has 0 aromatic rings. The van der Waals surface area contributed by atoms with Crippen LogP contribution < -0.4 is 10.6 Å². The lowest BCUT2D eigenvalue weighted by molar-refractivity contribution is -0.116. The highest BCUT2D eigenvalue weighted by atomic mass is 16.1. The second kappa shape index (κ2) is 6.29. The number of carbonyl (C=O) groups is 1. The topological polar surface area (TPSA) is 41.1 Å². The Kier molecular flexibility index (Phi) is 5.77. The van der Waals surface area contributed by atoms with Crippen LogP contribution in [0.5, 0.6) is 0 Å². The van der Waals surface area contributed by atoms with Gasteiger partial charge in [0.15, 0.2) is 0 Å². The molecular weight excluding hydrogens is 128 g/mol. The molecule has 0 bridgehead atoms. The smallest absolute Gasteiger partial charge is 0.243 e. The molecule has 0 heterocycles. The first-order chi connectivity index (χ1) is 4.81. The van der Waals surface area contributed by atoms with Crippen molar-refractivity contribution in [3.05, 3.63) is 19.7 Å². The number of amides is 1. The van der Waals surface area contributed by atoms with E-state index in [1.54, 1.807) is 0 Å². The molecule has 3 heteroatoms. The Balaban J connectivity index is 3.03. The van der Waals surface area contributed by atoms with Gasteiger partial charge in [-0.1, -0.05) is 6.58 Å². The second-order valence-corrected chi connectivity index (χ2v) is 1.85. The number of hydrogen-bond acceptors (Lipinski definition) is 2. The fourth-order valence-corrected chi connectivity index (χ4v) is 0.497. The molecule has 0 unspecified atom stereocenters. The zero-order chi connectivity index (χ0) is 7.82. The van der Waals surface area contributed by atoms with Gasteiger partial charge in [-0.15, -0.1) is 0 Å². The Morgan fingerprint density at radius 2 is 2.20 bits per heavy atom. The number of nitrogens with one attached hydrogen (secondary N) is 2. The molecule has 0 aliphatic rings. The molecule has 0 saturated carbocycles. The van der Waals surface area contributed by atoms with Crippen molar-refractivity contribution >= 4 is 5.91 Å². The fraction of sp³-hybridized carbons (Fsp3) is 0.429. The zero-order valence-corrected chi connectivity index (χ0v) is 6.02. The van der Waals surface area contributed by atoms with Crippen molar-refractivity contribution in [2.75, 3.05) is 13.1 Å². The molecule has 0 fully saturated rings. The molecule has 2 N–H and O–H groups in total. The van der Waals surface area contributed by atoms with Crippen LogP contribution in [0.25, 0.3) is 0 Å². The molecule has 0 aromatic heterocycles. The molecule has 0 rings (SSSR count). The second-order valence-electron chi connectivity index (χ2n) is 1.85. The Morgan fingerprint density at radius 3 is 2.70 bits per heavy atom. The summed E-state index contributed by atoms with van der Waals surface area (Å²) in [7, 11) is 3.44. The molecule has 3 nitrogen and oxygen atoms in total. The first kappa shape index (κ1) is 9.17. The van der Waals surface area contributed by atoms with Crippen molar-refractivity contribution < 1.29 is 4.79 Å². The van der Waals surface area contributed by atoms with E-state index >= 15 is 0 Å². The van der Waals surface area contributed by atoms with Gasteiger partial charge in [-0.2, -0.15) is 0 Å². The van der Waals surface area contributed by atoms with Crippen LogP contribution in [0.2, 0.25) is 0 Å². The molecule has 0 aliphatic carbocycles. The quantitative estimate of drug-likeness (QED) is 0.420. The Hall–Kier alpha value is -0.830. The summed E-state index contributed by atoms with van der Waals surface area (Å²) in [5.74, 6) is -0.121. The van der Waals surface area contributed by atoms with E-state index in [2.05, 4.69) is 24.3 Å². The van der Waals surface area contributed by atoms with Gasteiger partial charge in [0, 0.05) is 13.6 Å². The first-order valence-corrected chi connectivity index (χ1v) is 3.21. The molecule has 0 spiro atoms. The van der Waals surface area contributed by atoms with Crippen LogP contribution in [0.3, 0.4) is 0 Å². The Morgan fingerprint density at radius 1 is 1.50 bits per heavy atom. The normalized spacial score (nSPS) is 8.90. The van der Waals surface area contributed by atoms with Crippen LogP contribution in [-0.4, -0.2) is 19.0 Å². The Labute approximate surface area is 61.5 Å². The molecule has 57 valence electrons. The van der Waals surface area contributed by atoms with Crippen LogP contribution in [0.1, 0.15) is 6.42 Å². The van der Waals surface area contributed by atoms with Gasteiger partial charge in [-0.05, 0) is 19.0 Å². The summed E-state index contributed by atoms with van der Waals surface area (Å²) in [4.78, 5) is 10.5. The van der Waals surface area contributed by atoms with Crippen LogP contribution >= 0.6 is 0 Å². The average molecular weight is 141 g/mol. The van der Waals surface area contributed by atoms with E-state index in [1.165, 1.54) is 6.08 Å². The summed E-state index contributed by atoms with van der Waals surface area (Å²) in [6.07, 6.45) is 2.15. The van der Waals surface area contributed by atoms with Crippen LogP contribution in [-0.2, 0) is 4.79 Å². The highest BCUT2D eigenvalue weighted by Crippen LogP contribution is 1.72. The maximum atomic E-state index is 10.5.